The normalized spacial score (nSPS) is 10.1. The summed E-state index contributed by atoms with van der Waals surface area (Å²) in [6, 6.07) is 3.72. The van der Waals surface area contributed by atoms with Gasteiger partial charge < -0.3 is 5.11 Å². The Kier molecular flexibility index (Phi) is 2.46. The molecule has 0 unspecified atom stereocenters. The van der Waals surface area contributed by atoms with Crippen LogP contribution in [0.15, 0.2) is 36.9 Å². The van der Waals surface area contributed by atoms with Gasteiger partial charge in [-0.15, -0.1) is 0 Å². The van der Waals surface area contributed by atoms with E-state index >= 15 is 0 Å². The molecule has 70 valence electrons. The van der Waals surface area contributed by atoms with Crippen LogP contribution in [0.3, 0.4) is 0 Å². The lowest BCUT2D eigenvalue weighted by molar-refractivity contribution is 0.281. The smallest absolute Gasteiger partial charge is 0.160 e. The van der Waals surface area contributed by atoms with Crippen LogP contribution in [0, 0.1) is 0 Å². The summed E-state index contributed by atoms with van der Waals surface area (Å²) in [7, 11) is 0. The molecule has 2 aromatic heterocycles. The van der Waals surface area contributed by atoms with Crippen LogP contribution in [0.25, 0.3) is 11.4 Å². The van der Waals surface area contributed by atoms with E-state index in [9.17, 15) is 0 Å². The van der Waals surface area contributed by atoms with Crippen molar-refractivity contribution in [1.82, 2.24) is 15.0 Å². The molecule has 0 saturated carbocycles. The average Bonchev–Trinajstić information content (AvgIpc) is 2.30. The Labute approximate surface area is 81.3 Å². The van der Waals surface area contributed by atoms with Gasteiger partial charge in [0, 0.05) is 35.9 Å². The largest absolute Gasteiger partial charge is 0.392 e. The van der Waals surface area contributed by atoms with Gasteiger partial charge in [0.1, 0.15) is 0 Å². The van der Waals surface area contributed by atoms with Crippen LogP contribution in [0.1, 0.15) is 5.56 Å². The monoisotopic (exact) mass is 187 g/mol. The van der Waals surface area contributed by atoms with E-state index in [4.69, 9.17) is 5.11 Å². The molecule has 0 amide bonds. The molecule has 0 aromatic carbocycles. The van der Waals surface area contributed by atoms with Crippen molar-refractivity contribution in [2.75, 3.05) is 0 Å². The van der Waals surface area contributed by atoms with E-state index in [0.29, 0.717) is 11.4 Å². The number of hydrogen-bond donors (Lipinski definition) is 1. The lowest BCUT2D eigenvalue weighted by atomic mass is 10.2. The summed E-state index contributed by atoms with van der Waals surface area (Å²) in [6.07, 6.45) is 6.62. The Morgan fingerprint density at radius 1 is 1.14 bits per heavy atom. The molecule has 2 heterocycles. The number of aliphatic hydroxyl groups is 1. The predicted octanol–water partition coefficient (Wildman–Crippen LogP) is 1.03. The quantitative estimate of drug-likeness (QED) is 0.762. The second-order valence-electron chi connectivity index (χ2n) is 2.81. The van der Waals surface area contributed by atoms with E-state index in [1.54, 1.807) is 24.8 Å². The fourth-order valence-electron chi connectivity index (χ4n) is 1.08. The molecular formula is C10H9N3O. The first kappa shape index (κ1) is 8.77. The number of aliphatic hydroxyl groups excluding tert-OH is 1. The Morgan fingerprint density at radius 3 is 2.50 bits per heavy atom. The van der Waals surface area contributed by atoms with Crippen LogP contribution in [-0.2, 0) is 6.61 Å². The Hall–Kier alpha value is -1.81. The Bertz CT molecular complexity index is 399. The van der Waals surface area contributed by atoms with Gasteiger partial charge >= 0.3 is 0 Å². The van der Waals surface area contributed by atoms with E-state index < -0.39 is 0 Å². The van der Waals surface area contributed by atoms with E-state index in [1.807, 2.05) is 12.1 Å². The number of pyridine rings is 1. The highest BCUT2D eigenvalue weighted by Crippen LogP contribution is 2.11. The lowest BCUT2D eigenvalue weighted by Crippen LogP contribution is -1.92. The van der Waals surface area contributed by atoms with Crippen molar-refractivity contribution in [1.29, 1.82) is 0 Å². The van der Waals surface area contributed by atoms with Gasteiger partial charge in [-0.2, -0.15) is 0 Å². The number of aromatic nitrogens is 3. The van der Waals surface area contributed by atoms with Crippen LogP contribution >= 0.6 is 0 Å². The molecule has 0 fully saturated rings. The minimum atomic E-state index is -0.0344. The number of nitrogens with zero attached hydrogens (tertiary/aromatic N) is 3. The minimum absolute atomic E-state index is 0.0344. The first-order chi connectivity index (χ1) is 6.90. The highest BCUT2D eigenvalue weighted by atomic mass is 16.3. The van der Waals surface area contributed by atoms with E-state index in [2.05, 4.69) is 15.0 Å². The zero-order valence-electron chi connectivity index (χ0n) is 7.46. The topological polar surface area (TPSA) is 58.9 Å². The summed E-state index contributed by atoms with van der Waals surface area (Å²) in [4.78, 5) is 12.2. The third kappa shape index (κ3) is 1.75. The highest BCUT2D eigenvalue weighted by Gasteiger charge is 1.99. The van der Waals surface area contributed by atoms with Crippen molar-refractivity contribution in [3.8, 4) is 11.4 Å². The summed E-state index contributed by atoms with van der Waals surface area (Å²) in [5.41, 5.74) is 1.58. The molecule has 4 nitrogen and oxygen atoms in total. The third-order valence-corrected chi connectivity index (χ3v) is 1.81. The fraction of sp³-hybridized carbons (Fsp3) is 0.100. The van der Waals surface area contributed by atoms with Gasteiger partial charge in [-0.3, -0.25) is 4.98 Å². The third-order valence-electron chi connectivity index (χ3n) is 1.81. The molecule has 0 aliphatic rings. The molecule has 2 rings (SSSR count). The molecule has 14 heavy (non-hydrogen) atoms. The second-order valence-corrected chi connectivity index (χ2v) is 2.81. The SMILES string of the molecule is OCc1cnc(-c2cccnc2)nc1. The maximum absolute atomic E-state index is 8.81. The van der Waals surface area contributed by atoms with Crippen LogP contribution in [0.2, 0.25) is 0 Å². The molecule has 2 aromatic rings. The van der Waals surface area contributed by atoms with E-state index in [0.717, 1.165) is 5.56 Å². The van der Waals surface area contributed by atoms with Gasteiger partial charge in [-0.25, -0.2) is 9.97 Å². The zero-order chi connectivity index (χ0) is 9.80. The van der Waals surface area contributed by atoms with Crippen LogP contribution < -0.4 is 0 Å². The molecule has 0 bridgehead atoms. The highest BCUT2D eigenvalue weighted by molar-refractivity contribution is 5.52. The standard InChI is InChI=1S/C10H9N3O/c14-7-8-4-12-10(13-5-8)9-2-1-3-11-6-9/h1-6,14H,7H2. The molecule has 4 heteroatoms. The van der Waals surface area contributed by atoms with Gasteiger partial charge in [0.2, 0.25) is 0 Å². The van der Waals surface area contributed by atoms with Crippen molar-refractivity contribution < 1.29 is 5.11 Å². The molecule has 0 atom stereocenters. The Morgan fingerprint density at radius 2 is 1.93 bits per heavy atom. The molecule has 0 aliphatic heterocycles. The van der Waals surface area contributed by atoms with E-state index in [-0.39, 0.29) is 6.61 Å². The van der Waals surface area contributed by atoms with E-state index in [1.165, 1.54) is 0 Å². The summed E-state index contributed by atoms with van der Waals surface area (Å²) in [5, 5.41) is 8.81. The first-order valence-electron chi connectivity index (χ1n) is 4.22. The summed E-state index contributed by atoms with van der Waals surface area (Å²) >= 11 is 0. The summed E-state index contributed by atoms with van der Waals surface area (Å²) < 4.78 is 0. The van der Waals surface area contributed by atoms with Crippen molar-refractivity contribution in [3.05, 3.63) is 42.5 Å². The summed E-state index contributed by atoms with van der Waals surface area (Å²) in [5.74, 6) is 0.621. The van der Waals surface area contributed by atoms with Crippen LogP contribution in [0.4, 0.5) is 0 Å². The Balaban J connectivity index is 2.34. The van der Waals surface area contributed by atoms with Gasteiger partial charge in [0.15, 0.2) is 5.82 Å². The van der Waals surface area contributed by atoms with Gasteiger partial charge in [-0.05, 0) is 12.1 Å². The molecule has 0 aliphatic carbocycles. The molecule has 0 radical (unpaired) electrons. The second kappa shape index (κ2) is 3.93. The first-order valence-corrected chi connectivity index (χ1v) is 4.22. The fourth-order valence-corrected chi connectivity index (χ4v) is 1.08. The van der Waals surface area contributed by atoms with Crippen molar-refractivity contribution in [2.45, 2.75) is 6.61 Å². The average molecular weight is 187 g/mol. The predicted molar refractivity (Wildman–Crippen MR) is 51.2 cm³/mol. The minimum Gasteiger partial charge on any atom is -0.392 e. The van der Waals surface area contributed by atoms with Gasteiger partial charge in [-0.1, -0.05) is 0 Å². The maximum atomic E-state index is 8.81. The summed E-state index contributed by atoms with van der Waals surface area (Å²) in [6.45, 7) is -0.0344. The van der Waals surface area contributed by atoms with Gasteiger partial charge in [0.25, 0.3) is 0 Å². The zero-order valence-corrected chi connectivity index (χ0v) is 7.46. The number of rotatable bonds is 2. The van der Waals surface area contributed by atoms with Crippen molar-refractivity contribution in [3.63, 3.8) is 0 Å². The van der Waals surface area contributed by atoms with Crippen LogP contribution in [-0.4, -0.2) is 20.1 Å². The molecular weight excluding hydrogens is 178 g/mol. The van der Waals surface area contributed by atoms with Crippen molar-refractivity contribution in [2.24, 2.45) is 0 Å². The van der Waals surface area contributed by atoms with Crippen molar-refractivity contribution >= 4 is 0 Å². The molecule has 0 spiro atoms. The molecule has 1 N–H and O–H groups in total. The number of hydrogen-bond acceptors (Lipinski definition) is 4. The van der Waals surface area contributed by atoms with Crippen LogP contribution in [0.5, 0.6) is 0 Å². The maximum Gasteiger partial charge on any atom is 0.160 e. The lowest BCUT2D eigenvalue weighted by Gasteiger charge is -1.99. The molecule has 0 saturated heterocycles. The van der Waals surface area contributed by atoms with Gasteiger partial charge in [0.05, 0.1) is 6.61 Å².